The van der Waals surface area contributed by atoms with Crippen molar-refractivity contribution in [3.63, 3.8) is 0 Å². The first kappa shape index (κ1) is 21.2. The van der Waals surface area contributed by atoms with Crippen molar-refractivity contribution in [1.29, 1.82) is 0 Å². The lowest BCUT2D eigenvalue weighted by Crippen LogP contribution is -2.18. The molecule has 0 aromatic heterocycles. The van der Waals surface area contributed by atoms with E-state index in [9.17, 15) is 4.79 Å². The van der Waals surface area contributed by atoms with Crippen molar-refractivity contribution in [2.24, 2.45) is 5.10 Å². The minimum absolute atomic E-state index is 0.287. The normalized spacial score (nSPS) is 10.9. The molecule has 0 saturated carbocycles. The van der Waals surface area contributed by atoms with Crippen LogP contribution in [0.2, 0.25) is 15.1 Å². The number of ether oxygens (including phenoxy) is 1. The Kier molecular flexibility index (Phi) is 7.15. The summed E-state index contributed by atoms with van der Waals surface area (Å²) in [6, 6.07) is 17.7. The Morgan fingerprint density at radius 1 is 1.03 bits per heavy atom. The second kappa shape index (κ2) is 9.79. The first-order chi connectivity index (χ1) is 13.9. The number of hydrazone groups is 1. The summed E-state index contributed by atoms with van der Waals surface area (Å²) >= 11 is 18.1. The molecule has 0 radical (unpaired) electrons. The fourth-order valence-electron chi connectivity index (χ4n) is 2.59. The first-order valence-electron chi connectivity index (χ1n) is 8.69. The number of rotatable bonds is 6. The van der Waals surface area contributed by atoms with Crippen LogP contribution in [0.5, 0.6) is 5.75 Å². The Labute approximate surface area is 184 Å². The number of nitrogens with zero attached hydrogens (tertiary/aromatic N) is 1. The van der Waals surface area contributed by atoms with Gasteiger partial charge in [0.1, 0.15) is 12.4 Å². The van der Waals surface area contributed by atoms with Crippen molar-refractivity contribution >= 4 is 46.9 Å². The lowest BCUT2D eigenvalue weighted by Gasteiger charge is -2.10. The molecule has 0 spiro atoms. The fraction of sp³-hybridized carbons (Fsp3) is 0.0909. The van der Waals surface area contributed by atoms with Crippen LogP contribution >= 0.6 is 34.8 Å². The predicted molar refractivity (Wildman–Crippen MR) is 118 cm³/mol. The predicted octanol–water partition coefficient (Wildman–Crippen LogP) is 6.30. The van der Waals surface area contributed by atoms with Gasteiger partial charge < -0.3 is 4.74 Å². The largest absolute Gasteiger partial charge is 0.488 e. The van der Waals surface area contributed by atoms with Gasteiger partial charge in [0.25, 0.3) is 5.91 Å². The van der Waals surface area contributed by atoms with Gasteiger partial charge in [-0.25, -0.2) is 5.43 Å². The maximum atomic E-state index is 12.3. The smallest absolute Gasteiger partial charge is 0.271 e. The van der Waals surface area contributed by atoms with E-state index in [-0.39, 0.29) is 12.5 Å². The fourth-order valence-corrected chi connectivity index (χ4v) is 3.09. The lowest BCUT2D eigenvalue weighted by molar-refractivity contribution is 0.0954. The van der Waals surface area contributed by atoms with E-state index in [1.54, 1.807) is 42.5 Å². The zero-order valence-electron chi connectivity index (χ0n) is 15.5. The molecule has 0 saturated heterocycles. The van der Waals surface area contributed by atoms with Crippen molar-refractivity contribution in [2.45, 2.75) is 13.5 Å². The average molecular weight is 448 g/mol. The minimum atomic E-state index is -0.292. The Morgan fingerprint density at radius 2 is 1.83 bits per heavy atom. The van der Waals surface area contributed by atoms with Crippen molar-refractivity contribution in [1.82, 2.24) is 5.43 Å². The number of hydrogen-bond acceptors (Lipinski definition) is 3. The van der Waals surface area contributed by atoms with Gasteiger partial charge in [0.2, 0.25) is 0 Å². The summed E-state index contributed by atoms with van der Waals surface area (Å²) in [6.45, 7) is 2.15. The number of hydrogen-bond donors (Lipinski definition) is 1. The van der Waals surface area contributed by atoms with Crippen molar-refractivity contribution in [2.75, 3.05) is 0 Å². The molecule has 1 N–H and O–H groups in total. The maximum absolute atomic E-state index is 12.3. The summed E-state index contributed by atoms with van der Waals surface area (Å²) in [7, 11) is 0. The first-order valence-corrected chi connectivity index (χ1v) is 9.83. The highest BCUT2D eigenvalue weighted by atomic mass is 35.5. The summed E-state index contributed by atoms with van der Waals surface area (Å²) in [5, 5.41) is 5.51. The van der Waals surface area contributed by atoms with Gasteiger partial charge in [0.15, 0.2) is 0 Å². The van der Waals surface area contributed by atoms with E-state index >= 15 is 0 Å². The third-order valence-corrected chi connectivity index (χ3v) is 5.08. The van der Waals surface area contributed by atoms with Gasteiger partial charge in [0, 0.05) is 16.1 Å². The van der Waals surface area contributed by atoms with Crippen LogP contribution in [0, 0.1) is 6.92 Å². The molecule has 29 heavy (non-hydrogen) atoms. The molecule has 0 bridgehead atoms. The minimum Gasteiger partial charge on any atom is -0.488 e. The SMILES string of the molecule is Cc1ccccc1C(=O)N/N=C/c1cc(Cl)ccc1OCc1ccc(Cl)c(Cl)c1. The molecule has 1 amide bonds. The Hall–Kier alpha value is -2.53. The number of carbonyl (C=O) groups excluding carboxylic acids is 1. The Balaban J connectivity index is 1.71. The number of benzene rings is 3. The summed E-state index contributed by atoms with van der Waals surface area (Å²) in [6.07, 6.45) is 1.49. The highest BCUT2D eigenvalue weighted by molar-refractivity contribution is 6.42. The molecule has 7 heteroatoms. The van der Waals surface area contributed by atoms with Crippen LogP contribution in [-0.2, 0) is 6.61 Å². The van der Waals surface area contributed by atoms with Gasteiger partial charge in [-0.3, -0.25) is 4.79 Å². The number of carbonyl (C=O) groups is 1. The highest BCUT2D eigenvalue weighted by Crippen LogP contribution is 2.25. The molecule has 0 aliphatic carbocycles. The second-order valence-corrected chi connectivity index (χ2v) is 7.48. The average Bonchev–Trinajstić information content (AvgIpc) is 2.70. The molecule has 4 nitrogen and oxygen atoms in total. The van der Waals surface area contributed by atoms with Crippen molar-refractivity contribution in [3.8, 4) is 5.75 Å². The van der Waals surface area contributed by atoms with Gasteiger partial charge in [-0.05, 0) is 54.4 Å². The molecule has 0 heterocycles. The summed E-state index contributed by atoms with van der Waals surface area (Å²) < 4.78 is 5.87. The van der Waals surface area contributed by atoms with Crippen LogP contribution in [0.1, 0.15) is 27.0 Å². The molecule has 3 rings (SSSR count). The van der Waals surface area contributed by atoms with E-state index in [1.165, 1.54) is 6.21 Å². The maximum Gasteiger partial charge on any atom is 0.271 e. The quantitative estimate of drug-likeness (QED) is 0.356. The number of amides is 1. The van der Waals surface area contributed by atoms with Crippen LogP contribution in [0.3, 0.4) is 0 Å². The van der Waals surface area contributed by atoms with Crippen LogP contribution in [-0.4, -0.2) is 12.1 Å². The van der Waals surface area contributed by atoms with E-state index in [4.69, 9.17) is 39.5 Å². The summed E-state index contributed by atoms with van der Waals surface area (Å²) in [5.41, 5.74) is 5.45. The Bertz CT molecular complexity index is 1070. The zero-order chi connectivity index (χ0) is 20.8. The van der Waals surface area contributed by atoms with Gasteiger partial charge in [-0.1, -0.05) is 59.1 Å². The topological polar surface area (TPSA) is 50.7 Å². The van der Waals surface area contributed by atoms with Crippen molar-refractivity contribution < 1.29 is 9.53 Å². The van der Waals surface area contributed by atoms with Crippen LogP contribution in [0.15, 0.2) is 65.8 Å². The molecule has 3 aromatic carbocycles. The lowest BCUT2D eigenvalue weighted by atomic mass is 10.1. The molecule has 0 atom stereocenters. The number of halogens is 3. The Morgan fingerprint density at radius 3 is 2.59 bits per heavy atom. The molecular formula is C22H17Cl3N2O2. The number of nitrogens with one attached hydrogen (secondary N) is 1. The molecule has 0 aliphatic heterocycles. The second-order valence-electron chi connectivity index (χ2n) is 6.23. The number of aryl methyl sites for hydroxylation is 1. The summed E-state index contributed by atoms with van der Waals surface area (Å²) in [5.74, 6) is 0.272. The zero-order valence-corrected chi connectivity index (χ0v) is 17.7. The monoisotopic (exact) mass is 446 g/mol. The van der Waals surface area contributed by atoms with Gasteiger partial charge in [-0.2, -0.15) is 5.10 Å². The van der Waals surface area contributed by atoms with E-state index < -0.39 is 0 Å². The molecule has 0 aliphatic rings. The van der Waals surface area contributed by atoms with E-state index in [1.807, 2.05) is 25.1 Å². The highest BCUT2D eigenvalue weighted by Gasteiger charge is 2.08. The van der Waals surface area contributed by atoms with E-state index in [0.29, 0.717) is 31.9 Å². The third-order valence-electron chi connectivity index (χ3n) is 4.11. The van der Waals surface area contributed by atoms with Crippen LogP contribution in [0.4, 0.5) is 0 Å². The molecule has 148 valence electrons. The van der Waals surface area contributed by atoms with Gasteiger partial charge in [-0.15, -0.1) is 0 Å². The van der Waals surface area contributed by atoms with Crippen LogP contribution < -0.4 is 10.2 Å². The van der Waals surface area contributed by atoms with E-state index in [2.05, 4.69) is 10.5 Å². The summed E-state index contributed by atoms with van der Waals surface area (Å²) in [4.78, 5) is 12.3. The van der Waals surface area contributed by atoms with Crippen molar-refractivity contribution in [3.05, 3.63) is 98.0 Å². The molecule has 0 unspecified atom stereocenters. The van der Waals surface area contributed by atoms with Gasteiger partial charge >= 0.3 is 0 Å². The van der Waals surface area contributed by atoms with Crippen LogP contribution in [0.25, 0.3) is 0 Å². The van der Waals surface area contributed by atoms with Gasteiger partial charge in [0.05, 0.1) is 16.3 Å². The third kappa shape index (κ3) is 5.73. The van der Waals surface area contributed by atoms with E-state index in [0.717, 1.165) is 11.1 Å². The standard InChI is InChI=1S/C22H17Cl3N2O2/c1-14-4-2-3-5-18(14)22(28)27-26-12-16-11-17(23)7-9-21(16)29-13-15-6-8-19(24)20(25)10-15/h2-12H,13H2,1H3,(H,27,28)/b26-12+. The molecular weight excluding hydrogens is 431 g/mol. The molecule has 3 aromatic rings. The molecule has 0 fully saturated rings.